The molecular weight excluding hydrogens is 455 g/mol. The zero-order chi connectivity index (χ0) is 24.1. The first-order valence-electron chi connectivity index (χ1n) is 12.0. The molecule has 2 atom stereocenters. The predicted octanol–water partition coefficient (Wildman–Crippen LogP) is 6.55. The number of alkyl halides is 3. The Morgan fingerprint density at radius 2 is 1.21 bits per heavy atom. The quantitative estimate of drug-likeness (QED) is 0.0975. The van der Waals surface area contributed by atoms with Gasteiger partial charge in [-0.3, -0.25) is 9.05 Å². The number of phosphoric ester groups is 1. The molecule has 0 aromatic rings. The minimum absolute atomic E-state index is 0. The van der Waals surface area contributed by atoms with E-state index >= 15 is 0 Å². The van der Waals surface area contributed by atoms with Gasteiger partial charge in [0.15, 0.2) is 0 Å². The second kappa shape index (κ2) is 22.9. The molecule has 0 bridgehead atoms. The van der Waals surface area contributed by atoms with E-state index in [1.807, 2.05) is 0 Å². The van der Waals surface area contributed by atoms with Gasteiger partial charge >= 0.3 is 32.9 Å². The molecule has 0 aromatic carbocycles. The second-order valence-electron chi connectivity index (χ2n) is 8.18. The van der Waals surface area contributed by atoms with Crippen LogP contribution in [0.2, 0.25) is 0 Å². The molecule has 0 saturated carbocycles. The van der Waals surface area contributed by atoms with Crippen LogP contribution in [-0.2, 0) is 23.1 Å². The molecule has 0 rings (SSSR count). The van der Waals surface area contributed by atoms with Crippen LogP contribution in [0.15, 0.2) is 0 Å². The Balaban J connectivity index is 0. The van der Waals surface area contributed by atoms with E-state index in [9.17, 15) is 22.6 Å². The van der Waals surface area contributed by atoms with Crippen LogP contribution >= 0.6 is 7.82 Å². The first-order valence-corrected chi connectivity index (χ1v) is 13.5. The standard InChI is InChI=1S/C22H44F3O6P.Li.H/c1-3-4-5-6-7-8-9-10-11-12-13-14-15-16-17-29-18-21(31-32(26,27)28-2)19-30-20-22(23,24)25;;/h21H,3-20H2,1-2H3,(H,26,27);;/t21-;;/m1../s1. The van der Waals surface area contributed by atoms with Gasteiger partial charge in [0.2, 0.25) is 0 Å². The molecule has 0 aliphatic heterocycles. The van der Waals surface area contributed by atoms with Gasteiger partial charge in [-0.15, -0.1) is 0 Å². The molecule has 0 spiro atoms. The van der Waals surface area contributed by atoms with E-state index in [0.717, 1.165) is 26.4 Å². The molecule has 0 fully saturated rings. The molecule has 196 valence electrons. The van der Waals surface area contributed by atoms with Crippen molar-refractivity contribution in [2.45, 2.75) is 109 Å². The van der Waals surface area contributed by atoms with Crippen LogP contribution in [0.5, 0.6) is 0 Å². The van der Waals surface area contributed by atoms with E-state index in [0.29, 0.717) is 6.61 Å². The van der Waals surface area contributed by atoms with Gasteiger partial charge in [-0.1, -0.05) is 90.4 Å². The number of halogens is 3. The van der Waals surface area contributed by atoms with Gasteiger partial charge in [0.05, 0.1) is 13.2 Å². The molecule has 0 amide bonds. The molecule has 0 heterocycles. The van der Waals surface area contributed by atoms with E-state index < -0.39 is 33.3 Å². The van der Waals surface area contributed by atoms with Crippen molar-refractivity contribution in [2.75, 3.05) is 33.5 Å². The van der Waals surface area contributed by atoms with Gasteiger partial charge in [-0.05, 0) is 6.42 Å². The Morgan fingerprint density at radius 3 is 1.64 bits per heavy atom. The summed E-state index contributed by atoms with van der Waals surface area (Å²) in [6, 6.07) is 0. The summed E-state index contributed by atoms with van der Waals surface area (Å²) in [5.41, 5.74) is 0. The Kier molecular flexibility index (Phi) is 24.6. The number of rotatable bonds is 23. The monoisotopic (exact) mass is 500 g/mol. The van der Waals surface area contributed by atoms with Crippen LogP contribution in [-0.4, -0.2) is 69.6 Å². The average Bonchev–Trinajstić information content (AvgIpc) is 2.72. The number of hydrogen-bond donors (Lipinski definition) is 1. The fourth-order valence-electron chi connectivity index (χ4n) is 3.26. The third-order valence-corrected chi connectivity index (χ3v) is 6.05. The molecule has 33 heavy (non-hydrogen) atoms. The summed E-state index contributed by atoms with van der Waals surface area (Å²) in [5.74, 6) is 0. The van der Waals surface area contributed by atoms with Gasteiger partial charge in [0, 0.05) is 13.7 Å². The second-order valence-corrected chi connectivity index (χ2v) is 9.69. The third-order valence-electron chi connectivity index (χ3n) is 5.03. The van der Waals surface area contributed by atoms with Crippen molar-refractivity contribution in [3.63, 3.8) is 0 Å². The van der Waals surface area contributed by atoms with E-state index in [1.165, 1.54) is 70.6 Å². The minimum atomic E-state index is -4.48. The maximum absolute atomic E-state index is 12.2. The van der Waals surface area contributed by atoms with Crippen molar-refractivity contribution in [1.29, 1.82) is 0 Å². The Hall–Kier alpha value is 0.417. The van der Waals surface area contributed by atoms with Crippen LogP contribution in [0.1, 0.15) is 96.8 Å². The maximum atomic E-state index is 12.2. The van der Waals surface area contributed by atoms with Crippen molar-refractivity contribution in [3.8, 4) is 0 Å². The zero-order valence-corrected chi connectivity index (χ0v) is 20.8. The number of hydrogen-bond acceptors (Lipinski definition) is 5. The van der Waals surface area contributed by atoms with Crippen LogP contribution in [0.4, 0.5) is 13.2 Å². The first-order chi connectivity index (χ1) is 15.2. The molecule has 0 aromatic heterocycles. The van der Waals surface area contributed by atoms with Crippen molar-refractivity contribution < 1.29 is 41.2 Å². The number of phosphoric acid groups is 1. The molecule has 1 N–H and O–H groups in total. The topological polar surface area (TPSA) is 74.2 Å². The van der Waals surface area contributed by atoms with E-state index in [-0.39, 0.29) is 25.5 Å². The van der Waals surface area contributed by atoms with Crippen molar-refractivity contribution in [1.82, 2.24) is 0 Å². The Bertz CT molecular complexity index is 472. The van der Waals surface area contributed by atoms with E-state index in [1.54, 1.807) is 0 Å². The third kappa shape index (κ3) is 26.9. The SMILES string of the molecule is CCCCCCCCCCCCCCCCOC[C@H](COCC(F)(F)F)OP(=O)(O)OC.[LiH]. The van der Waals surface area contributed by atoms with Gasteiger partial charge in [-0.2, -0.15) is 13.2 Å². The summed E-state index contributed by atoms with van der Waals surface area (Å²) < 4.78 is 67.1. The summed E-state index contributed by atoms with van der Waals surface area (Å²) in [7, 11) is -3.37. The molecule has 0 aliphatic carbocycles. The van der Waals surface area contributed by atoms with Crippen LogP contribution in [0.3, 0.4) is 0 Å². The molecule has 6 nitrogen and oxygen atoms in total. The van der Waals surface area contributed by atoms with Gasteiger partial charge in [0.1, 0.15) is 12.7 Å². The molecule has 1 unspecified atom stereocenters. The van der Waals surface area contributed by atoms with Crippen LogP contribution in [0.25, 0.3) is 0 Å². The molecule has 11 heteroatoms. The summed E-state index contributed by atoms with van der Waals surface area (Å²) in [5, 5.41) is 0. The summed E-state index contributed by atoms with van der Waals surface area (Å²) in [6.45, 7) is 0.505. The fourth-order valence-corrected chi connectivity index (χ4v) is 3.84. The van der Waals surface area contributed by atoms with Crippen molar-refractivity contribution in [2.24, 2.45) is 0 Å². The number of ether oxygens (including phenoxy) is 2. The average molecular weight is 501 g/mol. The summed E-state index contributed by atoms with van der Waals surface area (Å²) in [6.07, 6.45) is 11.8. The van der Waals surface area contributed by atoms with Gasteiger partial charge < -0.3 is 14.4 Å². The first kappa shape index (κ1) is 35.6. The molecule has 0 aliphatic rings. The zero-order valence-electron chi connectivity index (χ0n) is 19.9. The van der Waals surface area contributed by atoms with Gasteiger partial charge in [-0.25, -0.2) is 4.57 Å². The van der Waals surface area contributed by atoms with Crippen LogP contribution in [0, 0.1) is 0 Å². The Morgan fingerprint density at radius 1 is 0.788 bits per heavy atom. The van der Waals surface area contributed by atoms with Crippen LogP contribution < -0.4 is 0 Å². The summed E-state index contributed by atoms with van der Waals surface area (Å²) >= 11 is 0. The van der Waals surface area contributed by atoms with Crippen molar-refractivity contribution in [3.05, 3.63) is 0 Å². The Labute approximate surface area is 210 Å². The summed E-state index contributed by atoms with van der Waals surface area (Å²) in [4.78, 5) is 9.37. The number of unbranched alkanes of at least 4 members (excludes halogenated alkanes) is 13. The van der Waals surface area contributed by atoms with E-state index in [2.05, 4.69) is 16.2 Å². The predicted molar refractivity (Wildman–Crippen MR) is 127 cm³/mol. The molecule has 0 radical (unpaired) electrons. The molecular formula is C22H45F3LiO6P. The van der Waals surface area contributed by atoms with Crippen molar-refractivity contribution >= 4 is 26.7 Å². The van der Waals surface area contributed by atoms with E-state index in [4.69, 9.17) is 9.26 Å². The van der Waals surface area contributed by atoms with Gasteiger partial charge in [0.25, 0.3) is 0 Å². The fraction of sp³-hybridized carbons (Fsp3) is 1.00. The molecule has 0 saturated heterocycles. The normalized spacial score (nSPS) is 14.6.